The third-order valence-corrected chi connectivity index (χ3v) is 2.77. The fourth-order valence-electron chi connectivity index (χ4n) is 1.44. The highest BCUT2D eigenvalue weighted by atomic mass is 79.9. The smallest absolute Gasteiger partial charge is 0.294 e. The van der Waals surface area contributed by atoms with Crippen molar-refractivity contribution < 1.29 is 4.92 Å². The quantitative estimate of drug-likeness (QED) is 0.515. The molecule has 0 aromatic heterocycles. The van der Waals surface area contributed by atoms with Gasteiger partial charge in [-0.05, 0) is 18.6 Å². The number of benzene rings is 1. The Kier molecular flexibility index (Phi) is 4.80. The summed E-state index contributed by atoms with van der Waals surface area (Å²) in [5.41, 5.74) is -0.473. The molecule has 1 aromatic carbocycles. The van der Waals surface area contributed by atoms with Crippen molar-refractivity contribution in [2.75, 3.05) is 5.32 Å². The van der Waals surface area contributed by atoms with E-state index >= 15 is 0 Å². The molecule has 0 aliphatic carbocycles. The molecule has 8 heteroatoms. The third kappa shape index (κ3) is 3.11. The van der Waals surface area contributed by atoms with E-state index in [9.17, 15) is 10.1 Å². The lowest BCUT2D eigenvalue weighted by molar-refractivity contribution is -0.384. The summed E-state index contributed by atoms with van der Waals surface area (Å²) in [5, 5.41) is 39.9. The number of hydrogen-bond donors (Lipinski definition) is 1. The summed E-state index contributed by atoms with van der Waals surface area (Å²) >= 11 is 3.14. The molecule has 1 aromatic rings. The Bertz CT molecular complexity index is 718. The number of anilines is 1. The van der Waals surface area contributed by atoms with Crippen molar-refractivity contribution in [1.29, 1.82) is 15.8 Å². The lowest BCUT2D eigenvalue weighted by Gasteiger charge is -2.09. The zero-order valence-corrected chi connectivity index (χ0v) is 11.7. The lowest BCUT2D eigenvalue weighted by atomic mass is 10.1. The third-order valence-electron chi connectivity index (χ3n) is 2.31. The van der Waals surface area contributed by atoms with Gasteiger partial charge in [-0.1, -0.05) is 15.9 Å². The van der Waals surface area contributed by atoms with E-state index in [0.717, 1.165) is 0 Å². The highest BCUT2D eigenvalue weighted by Gasteiger charge is 2.19. The maximum atomic E-state index is 11.0. The van der Waals surface area contributed by atoms with Gasteiger partial charge in [0.2, 0.25) is 0 Å². The van der Waals surface area contributed by atoms with E-state index in [-0.39, 0.29) is 17.1 Å². The van der Waals surface area contributed by atoms with E-state index in [1.807, 2.05) is 0 Å². The van der Waals surface area contributed by atoms with E-state index in [1.165, 1.54) is 6.07 Å². The predicted molar refractivity (Wildman–Crippen MR) is 73.0 cm³/mol. The zero-order chi connectivity index (χ0) is 15.3. The molecule has 0 heterocycles. The molecule has 1 N–H and O–H groups in total. The van der Waals surface area contributed by atoms with Crippen LogP contribution in [-0.4, -0.2) is 4.92 Å². The molecule has 98 valence electrons. The van der Waals surface area contributed by atoms with E-state index < -0.39 is 10.5 Å². The van der Waals surface area contributed by atoms with Crippen LogP contribution < -0.4 is 5.32 Å². The largest absolute Gasteiger partial charge is 0.339 e. The molecule has 0 atom stereocenters. The molecule has 0 amide bonds. The number of nitro groups is 1. The van der Waals surface area contributed by atoms with Crippen LogP contribution in [0.4, 0.5) is 11.4 Å². The number of aryl methyl sites for hydroxylation is 1. The van der Waals surface area contributed by atoms with Crippen LogP contribution in [0.5, 0.6) is 0 Å². The number of nitrogens with one attached hydrogen (secondary N) is 1. The number of nitro benzene ring substituents is 1. The van der Waals surface area contributed by atoms with Crippen molar-refractivity contribution in [2.45, 2.75) is 6.92 Å². The average molecular weight is 332 g/mol. The molecule has 0 bridgehead atoms. The molecule has 1 rings (SSSR count). The molecular formula is C12H6BrN5O2. The Morgan fingerprint density at radius 2 is 1.90 bits per heavy atom. The zero-order valence-electron chi connectivity index (χ0n) is 10.1. The second kappa shape index (κ2) is 6.33. The van der Waals surface area contributed by atoms with Crippen LogP contribution in [0.15, 0.2) is 27.9 Å². The Morgan fingerprint density at radius 3 is 2.35 bits per heavy atom. The number of nitriles is 3. The molecule has 0 unspecified atom stereocenters. The lowest BCUT2D eigenvalue weighted by Crippen LogP contribution is -2.05. The summed E-state index contributed by atoms with van der Waals surface area (Å²) in [6.45, 7) is 1.60. The van der Waals surface area contributed by atoms with Gasteiger partial charge in [-0.3, -0.25) is 10.1 Å². The first-order valence-corrected chi connectivity index (χ1v) is 5.90. The molecular weight excluding hydrogens is 326 g/mol. The molecule has 0 saturated heterocycles. The minimum absolute atomic E-state index is 0.0674. The van der Waals surface area contributed by atoms with Crippen molar-refractivity contribution in [1.82, 2.24) is 0 Å². The van der Waals surface area contributed by atoms with Crippen LogP contribution in [-0.2, 0) is 0 Å². The maximum Gasteiger partial charge on any atom is 0.294 e. The van der Waals surface area contributed by atoms with Crippen LogP contribution in [0.3, 0.4) is 0 Å². The monoisotopic (exact) mass is 331 g/mol. The summed E-state index contributed by atoms with van der Waals surface area (Å²) in [6, 6.07) is 7.64. The molecule has 0 aliphatic rings. The van der Waals surface area contributed by atoms with Gasteiger partial charge in [0.15, 0.2) is 5.57 Å². The van der Waals surface area contributed by atoms with Crippen molar-refractivity contribution in [3.05, 3.63) is 43.6 Å². The summed E-state index contributed by atoms with van der Waals surface area (Å²) in [4.78, 5) is 10.4. The molecule has 0 fully saturated rings. The van der Waals surface area contributed by atoms with E-state index in [1.54, 1.807) is 31.2 Å². The summed E-state index contributed by atoms with van der Waals surface area (Å²) in [7, 11) is 0. The van der Waals surface area contributed by atoms with E-state index in [4.69, 9.17) is 15.8 Å². The second-order valence-electron chi connectivity index (χ2n) is 3.58. The van der Waals surface area contributed by atoms with Crippen LogP contribution in [0.1, 0.15) is 5.56 Å². The van der Waals surface area contributed by atoms with E-state index in [2.05, 4.69) is 21.2 Å². The fraction of sp³-hybridized carbons (Fsp3) is 0.0833. The Labute approximate surface area is 122 Å². The van der Waals surface area contributed by atoms with Crippen LogP contribution >= 0.6 is 15.9 Å². The van der Waals surface area contributed by atoms with Crippen LogP contribution in [0.25, 0.3) is 0 Å². The van der Waals surface area contributed by atoms with Crippen LogP contribution in [0.2, 0.25) is 0 Å². The van der Waals surface area contributed by atoms with Crippen molar-refractivity contribution in [3.63, 3.8) is 0 Å². The van der Waals surface area contributed by atoms with Gasteiger partial charge in [-0.15, -0.1) is 0 Å². The van der Waals surface area contributed by atoms with Crippen LogP contribution in [0, 0.1) is 51.0 Å². The van der Waals surface area contributed by atoms with Gasteiger partial charge in [0.25, 0.3) is 5.69 Å². The topological polar surface area (TPSA) is 127 Å². The second-order valence-corrected chi connectivity index (χ2v) is 4.50. The van der Waals surface area contributed by atoms with E-state index in [0.29, 0.717) is 10.0 Å². The molecule has 0 aliphatic heterocycles. The number of hydrogen-bond acceptors (Lipinski definition) is 6. The summed E-state index contributed by atoms with van der Waals surface area (Å²) < 4.78 is 0.510. The van der Waals surface area contributed by atoms with Gasteiger partial charge in [0.05, 0.1) is 4.92 Å². The Morgan fingerprint density at radius 1 is 1.30 bits per heavy atom. The maximum absolute atomic E-state index is 11.0. The van der Waals surface area contributed by atoms with Crippen molar-refractivity contribution >= 4 is 27.3 Å². The van der Waals surface area contributed by atoms with Crippen molar-refractivity contribution in [2.24, 2.45) is 0 Å². The predicted octanol–water partition coefficient (Wildman–Crippen LogP) is 2.90. The van der Waals surface area contributed by atoms with Gasteiger partial charge < -0.3 is 5.32 Å². The van der Waals surface area contributed by atoms with Gasteiger partial charge in [-0.25, -0.2) is 0 Å². The first-order chi connectivity index (χ1) is 9.44. The summed E-state index contributed by atoms with van der Waals surface area (Å²) in [6.07, 6.45) is 0. The van der Waals surface area contributed by atoms with Gasteiger partial charge in [0, 0.05) is 10.5 Å². The molecule has 20 heavy (non-hydrogen) atoms. The normalized spacial score (nSPS) is 8.75. The SMILES string of the molecule is Cc1cc(Br)cc([N+](=O)[O-])c1NC(C#N)=C(C#N)C#N. The number of halogens is 1. The molecule has 7 nitrogen and oxygen atoms in total. The highest BCUT2D eigenvalue weighted by molar-refractivity contribution is 9.10. The van der Waals surface area contributed by atoms with Crippen molar-refractivity contribution in [3.8, 4) is 18.2 Å². The van der Waals surface area contributed by atoms with Gasteiger partial charge >= 0.3 is 0 Å². The average Bonchev–Trinajstić information content (AvgIpc) is 2.40. The number of nitrogens with zero attached hydrogens (tertiary/aromatic N) is 4. The number of rotatable bonds is 3. The highest BCUT2D eigenvalue weighted by Crippen LogP contribution is 2.33. The van der Waals surface area contributed by atoms with Gasteiger partial charge in [0.1, 0.15) is 29.6 Å². The standard InChI is InChI=1S/C12H6BrN5O2/c1-7-2-9(13)3-11(18(19)20)12(7)17-10(6-16)8(4-14)5-15/h2-3,17H,1H3. The molecule has 0 spiro atoms. The number of allylic oxidation sites excluding steroid dienone is 2. The molecule has 0 radical (unpaired) electrons. The minimum Gasteiger partial charge on any atom is -0.339 e. The Balaban J connectivity index is 3.48. The van der Waals surface area contributed by atoms with Gasteiger partial charge in [-0.2, -0.15) is 15.8 Å². The fourth-order valence-corrected chi connectivity index (χ4v) is 2.00. The Hall–Kier alpha value is -2.89. The summed E-state index contributed by atoms with van der Waals surface area (Å²) in [5.74, 6) is 0. The first-order valence-electron chi connectivity index (χ1n) is 5.10. The molecule has 0 saturated carbocycles. The first kappa shape index (κ1) is 15.2. The minimum atomic E-state index is -0.618.